The van der Waals surface area contributed by atoms with Gasteiger partial charge < -0.3 is 4.74 Å². The van der Waals surface area contributed by atoms with Gasteiger partial charge in [0.2, 0.25) is 0 Å². The lowest BCUT2D eigenvalue weighted by molar-refractivity contribution is -0.167. The Bertz CT molecular complexity index is 321. The predicted octanol–water partition coefficient (Wildman–Crippen LogP) is 2.17. The summed E-state index contributed by atoms with van der Waals surface area (Å²) in [5.41, 5.74) is 2.37. The van der Waals surface area contributed by atoms with E-state index in [1.54, 1.807) is 17.5 Å². The molecule has 0 saturated carbocycles. The molecule has 1 heterocycles. The van der Waals surface area contributed by atoms with Crippen LogP contribution in [0.2, 0.25) is 0 Å². The van der Waals surface area contributed by atoms with Crippen LogP contribution < -0.4 is 11.3 Å². The van der Waals surface area contributed by atoms with Crippen LogP contribution in [-0.4, -0.2) is 25.6 Å². The summed E-state index contributed by atoms with van der Waals surface area (Å²) >= 11 is 1.36. The number of thiophene rings is 1. The molecule has 0 aromatic carbocycles. The van der Waals surface area contributed by atoms with Crippen LogP contribution in [-0.2, 0) is 4.74 Å². The Balaban J connectivity index is 2.40. The Morgan fingerprint density at radius 2 is 2.18 bits per heavy atom. The third-order valence-electron chi connectivity index (χ3n) is 1.99. The van der Waals surface area contributed by atoms with Crippen LogP contribution in [0.5, 0.6) is 0 Å². The minimum absolute atomic E-state index is 0.195. The first kappa shape index (κ1) is 14.4. The van der Waals surface area contributed by atoms with E-state index in [-0.39, 0.29) is 6.61 Å². The topological polar surface area (TPSA) is 47.3 Å². The summed E-state index contributed by atoms with van der Waals surface area (Å²) in [5, 5.41) is 1.79. The van der Waals surface area contributed by atoms with Gasteiger partial charge in [0.15, 0.2) is 0 Å². The van der Waals surface area contributed by atoms with Crippen molar-refractivity contribution in [3.05, 3.63) is 22.4 Å². The first-order valence-corrected chi connectivity index (χ1v) is 5.58. The van der Waals surface area contributed by atoms with Gasteiger partial charge in [0.25, 0.3) is 0 Å². The molecule has 0 aliphatic carbocycles. The van der Waals surface area contributed by atoms with Crippen molar-refractivity contribution >= 4 is 11.3 Å². The summed E-state index contributed by atoms with van der Waals surface area (Å²) in [6.45, 7) is -1.52. The molecule has 0 bridgehead atoms. The molecule has 0 aliphatic rings. The lowest BCUT2D eigenvalue weighted by Gasteiger charge is -2.18. The van der Waals surface area contributed by atoms with Gasteiger partial charge in [-0.3, -0.25) is 5.84 Å². The van der Waals surface area contributed by atoms with Gasteiger partial charge in [-0.1, -0.05) is 6.07 Å². The van der Waals surface area contributed by atoms with Crippen molar-refractivity contribution < 1.29 is 22.3 Å². The van der Waals surface area contributed by atoms with Crippen LogP contribution in [0, 0.1) is 0 Å². The number of ether oxygens (including phenoxy) is 1. The number of alkyl halides is 4. The molecule has 0 fully saturated rings. The van der Waals surface area contributed by atoms with Crippen molar-refractivity contribution in [1.82, 2.24) is 5.43 Å². The molecule has 3 nitrogen and oxygen atoms in total. The summed E-state index contributed by atoms with van der Waals surface area (Å²) < 4.78 is 53.3. The highest BCUT2D eigenvalue weighted by molar-refractivity contribution is 7.10. The number of hydrogen-bond acceptors (Lipinski definition) is 4. The maximum Gasteiger partial charge on any atom is 0.330 e. The summed E-state index contributed by atoms with van der Waals surface area (Å²) in [5.74, 6) is 1.08. The molecule has 1 rings (SSSR count). The lowest BCUT2D eigenvalue weighted by atomic mass is 10.2. The predicted molar refractivity (Wildman–Crippen MR) is 56.2 cm³/mol. The van der Waals surface area contributed by atoms with Crippen molar-refractivity contribution in [1.29, 1.82) is 0 Å². The molecule has 17 heavy (non-hydrogen) atoms. The molecule has 0 saturated heterocycles. The van der Waals surface area contributed by atoms with E-state index >= 15 is 0 Å². The number of hydrogen-bond donors (Lipinski definition) is 2. The summed E-state index contributed by atoms with van der Waals surface area (Å²) in [4.78, 5) is 0.785. The second kappa shape index (κ2) is 6.29. The molecular weight excluding hydrogens is 260 g/mol. The molecule has 8 heteroatoms. The normalized spacial score (nSPS) is 14.2. The second-order valence-corrected chi connectivity index (χ2v) is 4.29. The van der Waals surface area contributed by atoms with Gasteiger partial charge in [-0.2, -0.15) is 8.78 Å². The molecule has 3 N–H and O–H groups in total. The standard InChI is InChI=1S/C9H12F4N2OS/c10-8(11)9(12,13)5-16-4-6(15-14)7-2-1-3-17-7/h1-3,6,8,15H,4-5,14H2. The van der Waals surface area contributed by atoms with E-state index in [0.29, 0.717) is 0 Å². The highest BCUT2D eigenvalue weighted by atomic mass is 32.1. The van der Waals surface area contributed by atoms with Crippen molar-refractivity contribution in [2.75, 3.05) is 13.2 Å². The van der Waals surface area contributed by atoms with Gasteiger partial charge in [-0.25, -0.2) is 14.2 Å². The fourth-order valence-corrected chi connectivity index (χ4v) is 1.85. The number of nitrogens with one attached hydrogen (secondary N) is 1. The highest BCUT2D eigenvalue weighted by Crippen LogP contribution is 2.24. The lowest BCUT2D eigenvalue weighted by Crippen LogP contribution is -2.36. The molecule has 1 unspecified atom stereocenters. The third-order valence-corrected chi connectivity index (χ3v) is 2.97. The second-order valence-electron chi connectivity index (χ2n) is 3.31. The largest absolute Gasteiger partial charge is 0.373 e. The minimum atomic E-state index is -4.13. The van der Waals surface area contributed by atoms with Gasteiger partial charge in [0, 0.05) is 4.88 Å². The average Bonchev–Trinajstić information content (AvgIpc) is 2.77. The number of hydrazine groups is 1. The Hall–Kier alpha value is -0.700. The van der Waals surface area contributed by atoms with E-state index in [0.717, 1.165) is 4.88 Å². The van der Waals surface area contributed by atoms with E-state index in [1.165, 1.54) is 11.3 Å². The molecule has 0 spiro atoms. The van der Waals surface area contributed by atoms with E-state index in [2.05, 4.69) is 10.2 Å². The molecule has 1 aromatic heterocycles. The summed E-state index contributed by atoms with van der Waals surface area (Å²) in [7, 11) is 0. The van der Waals surface area contributed by atoms with Crippen LogP contribution in [0.4, 0.5) is 17.6 Å². The van der Waals surface area contributed by atoms with Gasteiger partial charge in [0.05, 0.1) is 12.6 Å². The molecule has 1 atom stereocenters. The van der Waals surface area contributed by atoms with Crippen LogP contribution >= 0.6 is 11.3 Å². The molecule has 98 valence electrons. The fraction of sp³-hybridized carbons (Fsp3) is 0.556. The zero-order chi connectivity index (χ0) is 12.9. The van der Waals surface area contributed by atoms with E-state index < -0.39 is 25.0 Å². The monoisotopic (exact) mass is 272 g/mol. The first-order chi connectivity index (χ1) is 7.97. The Morgan fingerprint density at radius 3 is 2.65 bits per heavy atom. The third kappa shape index (κ3) is 4.23. The summed E-state index contributed by atoms with van der Waals surface area (Å²) in [6, 6.07) is 3.02. The van der Waals surface area contributed by atoms with Gasteiger partial charge in [-0.15, -0.1) is 11.3 Å². The van der Waals surface area contributed by atoms with Gasteiger partial charge >= 0.3 is 12.3 Å². The Labute approximate surface area is 99.5 Å². The quantitative estimate of drug-likeness (QED) is 0.454. The van der Waals surface area contributed by atoms with Crippen molar-refractivity contribution in [2.24, 2.45) is 5.84 Å². The minimum Gasteiger partial charge on any atom is -0.373 e. The first-order valence-electron chi connectivity index (χ1n) is 4.70. The molecular formula is C9H12F4N2OS. The van der Waals surface area contributed by atoms with Crippen LogP contribution in [0.25, 0.3) is 0 Å². The number of nitrogens with two attached hydrogens (primary N) is 1. The van der Waals surface area contributed by atoms with Crippen LogP contribution in [0.1, 0.15) is 10.9 Å². The van der Waals surface area contributed by atoms with E-state index in [9.17, 15) is 17.6 Å². The zero-order valence-corrected chi connectivity index (χ0v) is 9.52. The molecule has 1 aromatic rings. The number of rotatable bonds is 7. The maximum absolute atomic E-state index is 12.5. The Kier molecular flexibility index (Phi) is 5.31. The summed E-state index contributed by atoms with van der Waals surface area (Å²) in [6.07, 6.45) is -3.73. The fourth-order valence-electron chi connectivity index (χ4n) is 1.08. The van der Waals surface area contributed by atoms with Crippen LogP contribution in [0.3, 0.4) is 0 Å². The van der Waals surface area contributed by atoms with Crippen LogP contribution in [0.15, 0.2) is 17.5 Å². The van der Waals surface area contributed by atoms with Crippen molar-refractivity contribution in [3.8, 4) is 0 Å². The molecule has 0 amide bonds. The highest BCUT2D eigenvalue weighted by Gasteiger charge is 2.41. The van der Waals surface area contributed by atoms with E-state index in [1.807, 2.05) is 0 Å². The van der Waals surface area contributed by atoms with Crippen molar-refractivity contribution in [2.45, 2.75) is 18.4 Å². The average molecular weight is 272 g/mol. The number of halogens is 4. The maximum atomic E-state index is 12.5. The SMILES string of the molecule is NNC(COCC(F)(F)C(F)F)c1cccs1. The van der Waals surface area contributed by atoms with E-state index in [4.69, 9.17) is 5.84 Å². The smallest absolute Gasteiger partial charge is 0.330 e. The van der Waals surface area contributed by atoms with Crippen molar-refractivity contribution in [3.63, 3.8) is 0 Å². The van der Waals surface area contributed by atoms with Gasteiger partial charge in [0.1, 0.15) is 6.61 Å². The molecule has 0 radical (unpaired) electrons. The molecule has 0 aliphatic heterocycles. The Morgan fingerprint density at radius 1 is 1.47 bits per heavy atom. The zero-order valence-electron chi connectivity index (χ0n) is 8.71. The van der Waals surface area contributed by atoms with Gasteiger partial charge in [-0.05, 0) is 11.4 Å².